The summed E-state index contributed by atoms with van der Waals surface area (Å²) >= 11 is 2.57. The molecule has 2 aromatic carbocycles. The lowest BCUT2D eigenvalue weighted by Crippen LogP contribution is -2.19. The van der Waals surface area contributed by atoms with Crippen molar-refractivity contribution in [3.63, 3.8) is 0 Å². The summed E-state index contributed by atoms with van der Waals surface area (Å²) < 4.78 is 16.9. The van der Waals surface area contributed by atoms with Crippen molar-refractivity contribution in [2.45, 2.75) is 13.5 Å². The second-order valence-electron chi connectivity index (χ2n) is 5.87. The molecule has 0 aliphatic heterocycles. The Kier molecular flexibility index (Phi) is 6.29. The van der Waals surface area contributed by atoms with Crippen LogP contribution in [0.25, 0.3) is 0 Å². The van der Waals surface area contributed by atoms with Crippen LogP contribution in [0.4, 0.5) is 15.2 Å². The Morgan fingerprint density at radius 1 is 1.29 bits per heavy atom. The third kappa shape index (κ3) is 4.32. The van der Waals surface area contributed by atoms with Gasteiger partial charge in [0, 0.05) is 22.4 Å². The van der Waals surface area contributed by atoms with Gasteiger partial charge >= 0.3 is 0 Å². The van der Waals surface area contributed by atoms with Gasteiger partial charge < -0.3 is 4.90 Å². The van der Waals surface area contributed by atoms with E-state index in [-0.39, 0.29) is 18.3 Å². The Hall–Kier alpha value is -2.89. The second-order valence-corrected chi connectivity index (χ2v) is 7.67. The summed E-state index contributed by atoms with van der Waals surface area (Å²) in [6, 6.07) is 15.6. The molecule has 28 heavy (non-hydrogen) atoms. The number of nitriles is 1. The molecule has 142 valence electrons. The fourth-order valence-electron chi connectivity index (χ4n) is 2.63. The highest BCUT2D eigenvalue weighted by Crippen LogP contribution is 2.33. The van der Waals surface area contributed by atoms with Gasteiger partial charge in [0.05, 0.1) is 18.2 Å². The predicted octanol–water partition coefficient (Wildman–Crippen LogP) is 4.81. The van der Waals surface area contributed by atoms with E-state index < -0.39 is 0 Å². The molecular weight excluding hydrogens is 395 g/mol. The number of rotatable bonds is 6. The molecule has 1 aromatic heterocycles. The Labute approximate surface area is 171 Å². The van der Waals surface area contributed by atoms with Crippen LogP contribution < -0.4 is 9.62 Å². The fraction of sp³-hybridized carbons (Fsp3) is 0.150. The molecule has 0 atom stereocenters. The van der Waals surface area contributed by atoms with Crippen LogP contribution in [0.1, 0.15) is 26.5 Å². The van der Waals surface area contributed by atoms with E-state index in [0.717, 1.165) is 10.6 Å². The number of nitrogens with zero attached hydrogens (tertiary/aromatic N) is 3. The summed E-state index contributed by atoms with van der Waals surface area (Å²) in [6.07, 6.45) is 1.77. The molecule has 3 rings (SSSR count). The van der Waals surface area contributed by atoms with E-state index in [0.29, 0.717) is 22.0 Å². The van der Waals surface area contributed by atoms with Gasteiger partial charge in [0.1, 0.15) is 11.5 Å². The Bertz CT molecular complexity index is 1030. The third-order valence-corrected chi connectivity index (χ3v) is 5.40. The van der Waals surface area contributed by atoms with Crippen molar-refractivity contribution < 1.29 is 9.18 Å². The molecule has 1 N–H and O–H groups in total. The lowest BCUT2D eigenvalue weighted by Gasteiger charge is -2.22. The zero-order valence-corrected chi connectivity index (χ0v) is 16.9. The zero-order valence-electron chi connectivity index (χ0n) is 15.3. The van der Waals surface area contributed by atoms with Crippen LogP contribution in [0.3, 0.4) is 0 Å². The van der Waals surface area contributed by atoms with Crippen molar-refractivity contribution in [1.82, 2.24) is 9.71 Å². The second kappa shape index (κ2) is 8.87. The van der Waals surface area contributed by atoms with Gasteiger partial charge in [-0.3, -0.25) is 9.52 Å². The lowest BCUT2D eigenvalue weighted by atomic mass is 10.1. The molecule has 1 heterocycles. The number of carbonyl (C=O) groups excluding carboxylic acids is 1. The average Bonchev–Trinajstić information content (AvgIpc) is 3.09. The number of aryl methyl sites for hydroxylation is 1. The highest BCUT2D eigenvalue weighted by molar-refractivity contribution is 7.97. The summed E-state index contributed by atoms with van der Waals surface area (Å²) in [4.78, 5) is 19.3. The number of carbonyl (C=O) groups is 1. The van der Waals surface area contributed by atoms with Crippen LogP contribution in [0.15, 0.2) is 48.5 Å². The standard InChI is InChI=1S/C20H17FN4OS2/c1-13-18(19(26)24-27-2)23-20(28-13)25(12-15-5-3-4-6-17(15)21)16-9-7-14(11-22)8-10-16/h3-10H,12H2,1-2H3,(H,24,26). The molecule has 5 nitrogen and oxygen atoms in total. The average molecular weight is 413 g/mol. The van der Waals surface area contributed by atoms with Crippen molar-refractivity contribution >= 4 is 40.0 Å². The van der Waals surface area contributed by atoms with Crippen LogP contribution >= 0.6 is 23.3 Å². The van der Waals surface area contributed by atoms with Gasteiger partial charge in [-0.1, -0.05) is 30.1 Å². The number of anilines is 2. The summed E-state index contributed by atoms with van der Waals surface area (Å²) in [7, 11) is 0. The monoisotopic (exact) mass is 412 g/mol. The summed E-state index contributed by atoms with van der Waals surface area (Å²) in [5.74, 6) is -0.576. The normalized spacial score (nSPS) is 10.4. The number of amides is 1. The van der Waals surface area contributed by atoms with Gasteiger partial charge in [0.15, 0.2) is 5.13 Å². The number of aromatic nitrogens is 1. The van der Waals surface area contributed by atoms with E-state index in [4.69, 9.17) is 5.26 Å². The first-order chi connectivity index (χ1) is 13.5. The molecule has 0 bridgehead atoms. The molecule has 0 aliphatic rings. The summed E-state index contributed by atoms with van der Waals surface area (Å²) in [5, 5.41) is 9.62. The Balaban J connectivity index is 2.03. The SMILES string of the molecule is CSNC(=O)c1nc(N(Cc2ccccc2F)c2ccc(C#N)cc2)sc1C. The molecule has 0 radical (unpaired) electrons. The van der Waals surface area contributed by atoms with Crippen LogP contribution in [0.2, 0.25) is 0 Å². The Morgan fingerprint density at radius 2 is 2.00 bits per heavy atom. The van der Waals surface area contributed by atoms with Gasteiger partial charge in [-0.15, -0.1) is 11.3 Å². The van der Waals surface area contributed by atoms with Crippen LogP contribution in [-0.4, -0.2) is 17.1 Å². The summed E-state index contributed by atoms with van der Waals surface area (Å²) in [6.45, 7) is 2.07. The highest BCUT2D eigenvalue weighted by atomic mass is 32.2. The molecule has 0 spiro atoms. The minimum absolute atomic E-state index is 0.245. The Morgan fingerprint density at radius 3 is 2.64 bits per heavy atom. The van der Waals surface area contributed by atoms with Crippen LogP contribution in [-0.2, 0) is 6.54 Å². The maximum Gasteiger partial charge on any atom is 0.280 e. The molecule has 1 amide bonds. The minimum Gasteiger partial charge on any atom is -0.313 e. The molecule has 3 aromatic rings. The maximum absolute atomic E-state index is 14.3. The number of nitrogens with one attached hydrogen (secondary N) is 1. The van der Waals surface area contributed by atoms with Crippen molar-refractivity contribution in [3.05, 3.63) is 76.0 Å². The molecule has 0 unspecified atom stereocenters. The fourth-order valence-corrected chi connectivity index (χ4v) is 3.84. The van der Waals surface area contributed by atoms with E-state index in [2.05, 4.69) is 15.8 Å². The van der Waals surface area contributed by atoms with Crippen molar-refractivity contribution in [2.24, 2.45) is 0 Å². The first kappa shape index (κ1) is 19.9. The molecule has 8 heteroatoms. The van der Waals surface area contributed by atoms with Gasteiger partial charge in [0.25, 0.3) is 5.91 Å². The van der Waals surface area contributed by atoms with Crippen LogP contribution in [0, 0.1) is 24.1 Å². The number of hydrogen-bond donors (Lipinski definition) is 1. The van der Waals surface area contributed by atoms with Gasteiger partial charge in [-0.05, 0) is 37.3 Å². The third-order valence-electron chi connectivity index (χ3n) is 4.02. The van der Waals surface area contributed by atoms with E-state index in [1.807, 2.05) is 11.8 Å². The van der Waals surface area contributed by atoms with Crippen molar-refractivity contribution in [1.29, 1.82) is 5.26 Å². The highest BCUT2D eigenvalue weighted by Gasteiger charge is 2.21. The predicted molar refractivity (Wildman–Crippen MR) is 111 cm³/mol. The van der Waals surface area contributed by atoms with Crippen molar-refractivity contribution in [2.75, 3.05) is 11.2 Å². The largest absolute Gasteiger partial charge is 0.313 e. The number of hydrogen-bond acceptors (Lipinski definition) is 6. The van der Waals surface area contributed by atoms with Gasteiger partial charge in [-0.2, -0.15) is 5.26 Å². The molecule has 0 saturated carbocycles. The first-order valence-corrected chi connectivity index (χ1v) is 10.4. The van der Waals surface area contributed by atoms with Gasteiger partial charge in [0.2, 0.25) is 0 Å². The quantitative estimate of drug-likeness (QED) is 0.589. The number of thiazole rings is 1. The lowest BCUT2D eigenvalue weighted by molar-refractivity contribution is 0.0980. The minimum atomic E-state index is -0.310. The van der Waals surface area contributed by atoms with E-state index >= 15 is 0 Å². The molecule has 0 fully saturated rings. The summed E-state index contributed by atoms with van der Waals surface area (Å²) in [5.41, 5.74) is 2.15. The topological polar surface area (TPSA) is 69.0 Å². The molecule has 0 aliphatic carbocycles. The van der Waals surface area contributed by atoms with E-state index in [1.54, 1.807) is 48.7 Å². The smallest absolute Gasteiger partial charge is 0.280 e. The van der Waals surface area contributed by atoms with Crippen molar-refractivity contribution in [3.8, 4) is 6.07 Å². The number of benzene rings is 2. The van der Waals surface area contributed by atoms with Gasteiger partial charge in [-0.25, -0.2) is 9.37 Å². The zero-order chi connectivity index (χ0) is 20.1. The molecular formula is C20H17FN4OS2. The van der Waals surface area contributed by atoms with E-state index in [9.17, 15) is 9.18 Å². The first-order valence-electron chi connectivity index (χ1n) is 8.35. The molecule has 0 saturated heterocycles. The van der Waals surface area contributed by atoms with E-state index in [1.165, 1.54) is 29.4 Å². The maximum atomic E-state index is 14.3. The number of halogens is 1. The van der Waals surface area contributed by atoms with Crippen LogP contribution in [0.5, 0.6) is 0 Å².